The van der Waals surface area contributed by atoms with E-state index in [2.05, 4.69) is 0 Å². The molecule has 70 valence electrons. The van der Waals surface area contributed by atoms with Crippen molar-refractivity contribution in [3.05, 3.63) is 0 Å². The molecule has 3 N–H and O–H groups in total. The highest BCUT2D eigenvalue weighted by molar-refractivity contribution is 7.99. The van der Waals surface area contributed by atoms with E-state index in [1.54, 1.807) is 11.8 Å². The molecule has 0 aromatic heterocycles. The third-order valence-electron chi connectivity index (χ3n) is 2.06. The summed E-state index contributed by atoms with van der Waals surface area (Å²) in [7, 11) is 0. The van der Waals surface area contributed by atoms with E-state index < -0.39 is 11.5 Å². The molecule has 12 heavy (non-hydrogen) atoms. The number of rotatable bonds is 1. The molecule has 1 aliphatic heterocycles. The van der Waals surface area contributed by atoms with Gasteiger partial charge in [-0.15, -0.1) is 0 Å². The molecule has 0 aliphatic carbocycles. The van der Waals surface area contributed by atoms with Crippen LogP contribution in [0.1, 0.15) is 20.3 Å². The van der Waals surface area contributed by atoms with Gasteiger partial charge in [0, 0.05) is 5.75 Å². The Labute approximate surface area is 76.7 Å². The van der Waals surface area contributed by atoms with E-state index in [4.69, 9.17) is 5.73 Å². The second-order valence-corrected chi connectivity index (χ2v) is 5.22. The van der Waals surface area contributed by atoms with Gasteiger partial charge in [-0.2, -0.15) is 11.8 Å². The number of carbonyl (C=O) groups is 1. The molecule has 1 saturated heterocycles. The van der Waals surface area contributed by atoms with Gasteiger partial charge in [-0.1, -0.05) is 13.8 Å². The largest absolute Gasteiger partial charge is 0.379 e. The number of hydrogen-bond acceptors (Lipinski definition) is 3. The average Bonchev–Trinajstić information content (AvgIpc) is 1.83. The highest BCUT2D eigenvalue weighted by Crippen LogP contribution is 2.38. The molecular formula is C8H15NO2S. The monoisotopic (exact) mass is 189 g/mol. The van der Waals surface area contributed by atoms with Crippen molar-refractivity contribution in [3.8, 4) is 0 Å². The maximum absolute atomic E-state index is 10.9. The van der Waals surface area contributed by atoms with Gasteiger partial charge in [0.2, 0.25) is 5.91 Å². The number of nitrogens with two attached hydrogens (primary N) is 1. The molecule has 0 aromatic rings. The molecule has 3 nitrogen and oxygen atoms in total. The van der Waals surface area contributed by atoms with Crippen LogP contribution < -0.4 is 5.73 Å². The minimum Gasteiger partial charge on any atom is -0.379 e. The van der Waals surface area contributed by atoms with Crippen LogP contribution in [0.3, 0.4) is 0 Å². The van der Waals surface area contributed by atoms with Gasteiger partial charge < -0.3 is 10.8 Å². The Bertz CT molecular complexity index is 205. The lowest BCUT2D eigenvalue weighted by molar-refractivity contribution is -0.137. The Kier molecular flexibility index (Phi) is 2.40. The lowest BCUT2D eigenvalue weighted by Gasteiger charge is -2.38. The number of thioether (sulfide) groups is 1. The van der Waals surface area contributed by atoms with E-state index >= 15 is 0 Å². The molecule has 0 bridgehead atoms. The number of carbonyl (C=O) groups excluding carboxylic acids is 1. The summed E-state index contributed by atoms with van der Waals surface area (Å²) < 4.78 is 0. The van der Waals surface area contributed by atoms with E-state index in [0.29, 0.717) is 12.2 Å². The van der Waals surface area contributed by atoms with Gasteiger partial charge in [0.15, 0.2) is 5.60 Å². The number of hydrogen-bond donors (Lipinski definition) is 2. The molecule has 1 fully saturated rings. The third kappa shape index (κ3) is 1.93. The fourth-order valence-corrected chi connectivity index (χ4v) is 2.89. The van der Waals surface area contributed by atoms with Gasteiger partial charge in [-0.3, -0.25) is 4.79 Å². The predicted molar refractivity (Wildman–Crippen MR) is 49.9 cm³/mol. The lowest BCUT2D eigenvalue weighted by Crippen LogP contribution is -2.52. The van der Waals surface area contributed by atoms with E-state index in [0.717, 1.165) is 5.75 Å². The molecule has 1 atom stereocenters. The maximum Gasteiger partial charge on any atom is 0.250 e. The van der Waals surface area contributed by atoms with Crippen LogP contribution in [0.5, 0.6) is 0 Å². The Morgan fingerprint density at radius 1 is 1.50 bits per heavy atom. The minimum atomic E-state index is -1.29. The number of primary amides is 1. The van der Waals surface area contributed by atoms with E-state index in [-0.39, 0.29) is 5.41 Å². The molecule has 1 amide bonds. The summed E-state index contributed by atoms with van der Waals surface area (Å²) in [5.74, 6) is 0.816. The standard InChI is InChI=1S/C8H15NO2S/c1-7(2)3-8(11,6(9)10)5-12-4-7/h11H,3-5H2,1-2H3,(H2,9,10). The first kappa shape index (κ1) is 9.86. The third-order valence-corrected chi connectivity index (χ3v) is 3.73. The van der Waals surface area contributed by atoms with Crippen LogP contribution in [0.15, 0.2) is 0 Å². The van der Waals surface area contributed by atoms with Crippen LogP contribution in [-0.4, -0.2) is 28.1 Å². The van der Waals surface area contributed by atoms with Crippen LogP contribution in [0, 0.1) is 5.41 Å². The SMILES string of the molecule is CC1(C)CSCC(O)(C(N)=O)C1. The zero-order valence-corrected chi connectivity index (χ0v) is 8.28. The van der Waals surface area contributed by atoms with Crippen molar-refractivity contribution >= 4 is 17.7 Å². The summed E-state index contributed by atoms with van der Waals surface area (Å²) in [6.07, 6.45) is 0.475. The summed E-state index contributed by atoms with van der Waals surface area (Å²) in [5, 5.41) is 9.79. The van der Waals surface area contributed by atoms with Crippen molar-refractivity contribution in [2.75, 3.05) is 11.5 Å². The Morgan fingerprint density at radius 2 is 2.08 bits per heavy atom. The van der Waals surface area contributed by atoms with Crippen LogP contribution in [-0.2, 0) is 4.79 Å². The topological polar surface area (TPSA) is 63.3 Å². The number of amides is 1. The Morgan fingerprint density at radius 3 is 2.42 bits per heavy atom. The quantitative estimate of drug-likeness (QED) is 0.626. The second kappa shape index (κ2) is 2.92. The smallest absolute Gasteiger partial charge is 0.250 e. The summed E-state index contributed by atoms with van der Waals surface area (Å²) >= 11 is 1.59. The van der Waals surface area contributed by atoms with Gasteiger partial charge in [0.1, 0.15) is 0 Å². The van der Waals surface area contributed by atoms with Gasteiger partial charge in [0.25, 0.3) is 0 Å². The van der Waals surface area contributed by atoms with Gasteiger partial charge in [0.05, 0.1) is 0 Å². The van der Waals surface area contributed by atoms with E-state index in [1.807, 2.05) is 13.8 Å². The van der Waals surface area contributed by atoms with Gasteiger partial charge >= 0.3 is 0 Å². The molecule has 0 spiro atoms. The lowest BCUT2D eigenvalue weighted by atomic mass is 9.81. The van der Waals surface area contributed by atoms with Crippen molar-refractivity contribution in [3.63, 3.8) is 0 Å². The van der Waals surface area contributed by atoms with Gasteiger partial charge in [-0.25, -0.2) is 0 Å². The first-order valence-electron chi connectivity index (χ1n) is 3.96. The van der Waals surface area contributed by atoms with Crippen molar-refractivity contribution in [1.29, 1.82) is 0 Å². The first-order chi connectivity index (χ1) is 5.36. The van der Waals surface area contributed by atoms with Crippen molar-refractivity contribution in [2.45, 2.75) is 25.9 Å². The van der Waals surface area contributed by atoms with E-state index in [9.17, 15) is 9.90 Å². The molecule has 0 saturated carbocycles. The summed E-state index contributed by atoms with van der Waals surface area (Å²) in [6.45, 7) is 4.07. The van der Waals surface area contributed by atoms with Crippen LogP contribution >= 0.6 is 11.8 Å². The molecule has 1 heterocycles. The van der Waals surface area contributed by atoms with Crippen molar-refractivity contribution in [1.82, 2.24) is 0 Å². The zero-order valence-electron chi connectivity index (χ0n) is 7.46. The highest BCUT2D eigenvalue weighted by atomic mass is 32.2. The zero-order chi connectivity index (χ0) is 9.41. The Balaban J connectivity index is 2.74. The highest BCUT2D eigenvalue weighted by Gasteiger charge is 2.43. The minimum absolute atomic E-state index is 0.00664. The van der Waals surface area contributed by atoms with Crippen molar-refractivity contribution in [2.24, 2.45) is 11.1 Å². The normalized spacial score (nSPS) is 34.6. The molecule has 1 aliphatic rings. The van der Waals surface area contributed by atoms with Crippen molar-refractivity contribution < 1.29 is 9.90 Å². The average molecular weight is 189 g/mol. The van der Waals surface area contributed by atoms with Crippen LogP contribution in [0.4, 0.5) is 0 Å². The fourth-order valence-electron chi connectivity index (χ4n) is 1.55. The maximum atomic E-state index is 10.9. The summed E-state index contributed by atoms with van der Waals surface area (Å²) in [4.78, 5) is 10.9. The predicted octanol–water partition coefficient (Wildman–Crippen LogP) is 0.366. The van der Waals surface area contributed by atoms with Crippen LogP contribution in [0.2, 0.25) is 0 Å². The van der Waals surface area contributed by atoms with Gasteiger partial charge in [-0.05, 0) is 17.6 Å². The molecule has 1 unspecified atom stereocenters. The van der Waals surface area contributed by atoms with E-state index in [1.165, 1.54) is 0 Å². The Hall–Kier alpha value is -0.220. The molecule has 4 heteroatoms. The van der Waals surface area contributed by atoms with Crippen LogP contribution in [0.25, 0.3) is 0 Å². The second-order valence-electron chi connectivity index (χ2n) is 4.23. The summed E-state index contributed by atoms with van der Waals surface area (Å²) in [5.41, 5.74) is 3.84. The molecular weight excluding hydrogens is 174 g/mol. The first-order valence-corrected chi connectivity index (χ1v) is 5.11. The molecule has 0 radical (unpaired) electrons. The summed E-state index contributed by atoms with van der Waals surface area (Å²) in [6, 6.07) is 0. The molecule has 1 rings (SSSR count). The fraction of sp³-hybridized carbons (Fsp3) is 0.875. The molecule has 0 aromatic carbocycles. The number of aliphatic hydroxyl groups is 1.